The van der Waals surface area contributed by atoms with Crippen LogP contribution in [0.4, 0.5) is 11.5 Å². The predicted molar refractivity (Wildman–Crippen MR) is 142 cm³/mol. The summed E-state index contributed by atoms with van der Waals surface area (Å²) in [4.78, 5) is 33.2. The number of carbonyl (C=O) groups excluding carboxylic acids is 2. The molecule has 0 spiro atoms. The van der Waals surface area contributed by atoms with Gasteiger partial charge in [0.05, 0.1) is 23.0 Å². The van der Waals surface area contributed by atoms with Gasteiger partial charge in [-0.05, 0) is 68.7 Å². The van der Waals surface area contributed by atoms with Gasteiger partial charge in [-0.25, -0.2) is 9.50 Å². The standard InChI is InChI=1S/C26H28N8O2S/c1-14(15-4-5-15)33-12-17-10-16(11-19(32-37-2)20(17)25(33)36)18-6-9-34-23(29-18)21(22(28)31-34)24(35)30-26(13-27)7-3-8-26/h6,9-11,14-15,32H,3-5,7-8,12H2,1-2H3,(H2,28,31)(H,30,35). The monoisotopic (exact) mass is 516 g/mol. The Morgan fingerprint density at radius 2 is 2.14 bits per heavy atom. The van der Waals surface area contributed by atoms with Gasteiger partial charge in [0, 0.05) is 30.6 Å². The number of nitrogens with one attached hydrogen (secondary N) is 2. The van der Waals surface area contributed by atoms with Crippen LogP contribution in [0.1, 0.15) is 65.3 Å². The first kappa shape index (κ1) is 23.6. The molecule has 3 heterocycles. The number of benzene rings is 1. The fourth-order valence-corrected chi connectivity index (χ4v) is 5.76. The average Bonchev–Trinajstić information content (AvgIpc) is 3.58. The van der Waals surface area contributed by atoms with Gasteiger partial charge < -0.3 is 20.7 Å². The second-order valence-corrected chi connectivity index (χ2v) is 10.8. The molecule has 2 saturated carbocycles. The van der Waals surface area contributed by atoms with Crippen molar-refractivity contribution in [3.05, 3.63) is 41.1 Å². The summed E-state index contributed by atoms with van der Waals surface area (Å²) in [6, 6.07) is 8.18. The zero-order chi connectivity index (χ0) is 25.9. The lowest BCUT2D eigenvalue weighted by Gasteiger charge is -2.35. The normalized spacial score (nSPS) is 18.7. The van der Waals surface area contributed by atoms with Crippen molar-refractivity contribution in [3.8, 4) is 17.3 Å². The van der Waals surface area contributed by atoms with Crippen LogP contribution < -0.4 is 15.8 Å². The number of nitrogen functional groups attached to an aromatic ring is 1. The zero-order valence-corrected chi connectivity index (χ0v) is 21.6. The second-order valence-electron chi connectivity index (χ2n) is 10.2. The van der Waals surface area contributed by atoms with Gasteiger partial charge in [-0.1, -0.05) is 11.9 Å². The van der Waals surface area contributed by atoms with Crippen LogP contribution in [-0.2, 0) is 6.54 Å². The molecular formula is C26H28N8O2S. The Balaban J connectivity index is 1.39. The summed E-state index contributed by atoms with van der Waals surface area (Å²) in [6.07, 6.45) is 8.10. The van der Waals surface area contributed by atoms with Crippen molar-refractivity contribution >= 4 is 40.9 Å². The van der Waals surface area contributed by atoms with E-state index in [9.17, 15) is 14.9 Å². The molecule has 2 aromatic heterocycles. The highest BCUT2D eigenvalue weighted by Crippen LogP contribution is 2.41. The molecular weight excluding hydrogens is 488 g/mol. The van der Waals surface area contributed by atoms with Crippen LogP contribution in [0.3, 0.4) is 0 Å². The Hall–Kier alpha value is -3.78. The molecule has 190 valence electrons. The van der Waals surface area contributed by atoms with E-state index in [-0.39, 0.29) is 23.3 Å². The van der Waals surface area contributed by atoms with Gasteiger partial charge in [0.2, 0.25) is 0 Å². The van der Waals surface area contributed by atoms with E-state index in [2.05, 4.69) is 28.1 Å². The van der Waals surface area contributed by atoms with Gasteiger partial charge >= 0.3 is 0 Å². The van der Waals surface area contributed by atoms with E-state index >= 15 is 0 Å². The number of nitrogens with zero attached hydrogens (tertiary/aromatic N) is 5. The minimum Gasteiger partial charge on any atom is -0.381 e. The third kappa shape index (κ3) is 3.87. The molecule has 2 fully saturated rings. The molecule has 1 aliphatic heterocycles. The maximum atomic E-state index is 13.3. The van der Waals surface area contributed by atoms with Crippen molar-refractivity contribution in [2.45, 2.75) is 57.2 Å². The van der Waals surface area contributed by atoms with Crippen molar-refractivity contribution in [1.29, 1.82) is 5.26 Å². The first-order valence-electron chi connectivity index (χ1n) is 12.5. The first-order valence-corrected chi connectivity index (χ1v) is 13.7. The molecule has 3 aliphatic rings. The van der Waals surface area contributed by atoms with Crippen molar-refractivity contribution in [1.82, 2.24) is 24.8 Å². The Labute approximate surface area is 218 Å². The Morgan fingerprint density at radius 1 is 1.35 bits per heavy atom. The second kappa shape index (κ2) is 8.66. The molecule has 6 rings (SSSR count). The summed E-state index contributed by atoms with van der Waals surface area (Å²) in [6.45, 7) is 2.70. The lowest BCUT2D eigenvalue weighted by atomic mass is 9.78. The summed E-state index contributed by atoms with van der Waals surface area (Å²) in [5.74, 6) is 0.248. The minimum absolute atomic E-state index is 0.0588. The molecule has 1 unspecified atom stereocenters. The van der Waals surface area contributed by atoms with Crippen LogP contribution in [0.25, 0.3) is 16.9 Å². The van der Waals surface area contributed by atoms with Gasteiger partial charge in [0.1, 0.15) is 11.1 Å². The fraction of sp³-hybridized carbons (Fsp3) is 0.423. The number of carbonyl (C=O) groups is 2. The van der Waals surface area contributed by atoms with E-state index < -0.39 is 11.4 Å². The third-order valence-corrected chi connectivity index (χ3v) is 8.28. The molecule has 10 nitrogen and oxygen atoms in total. The predicted octanol–water partition coefficient (Wildman–Crippen LogP) is 3.60. The molecule has 2 amide bonds. The number of hydrogen-bond acceptors (Lipinski definition) is 8. The Morgan fingerprint density at radius 3 is 2.78 bits per heavy atom. The van der Waals surface area contributed by atoms with E-state index in [0.717, 1.165) is 23.2 Å². The van der Waals surface area contributed by atoms with Crippen LogP contribution in [0.5, 0.6) is 0 Å². The van der Waals surface area contributed by atoms with Crippen LogP contribution in [0.15, 0.2) is 24.4 Å². The Bertz CT molecular complexity index is 1480. The van der Waals surface area contributed by atoms with Crippen molar-refractivity contribution < 1.29 is 9.59 Å². The van der Waals surface area contributed by atoms with E-state index in [0.29, 0.717) is 42.2 Å². The SMILES string of the molecule is CSNc1cc(-c2ccn3nc(N)c(C(=O)NC4(C#N)CCC4)c3n2)cc2c1C(=O)N(C(C)C1CC1)C2. The van der Waals surface area contributed by atoms with Gasteiger partial charge in [0.15, 0.2) is 11.5 Å². The molecule has 2 aliphatic carbocycles. The number of rotatable bonds is 7. The molecule has 4 N–H and O–H groups in total. The summed E-state index contributed by atoms with van der Waals surface area (Å²) in [5.41, 5.74) is 9.62. The quantitative estimate of drug-likeness (QED) is 0.405. The smallest absolute Gasteiger partial charge is 0.260 e. The van der Waals surface area contributed by atoms with Gasteiger partial charge in [0.25, 0.3) is 11.8 Å². The number of anilines is 2. The number of aromatic nitrogens is 3. The highest BCUT2D eigenvalue weighted by molar-refractivity contribution is 7.99. The van der Waals surface area contributed by atoms with Gasteiger partial charge in [-0.3, -0.25) is 9.59 Å². The summed E-state index contributed by atoms with van der Waals surface area (Å²) < 4.78 is 4.75. The highest BCUT2D eigenvalue weighted by atomic mass is 32.2. The van der Waals surface area contributed by atoms with Gasteiger partial charge in [-0.2, -0.15) is 5.26 Å². The molecule has 1 atom stereocenters. The summed E-state index contributed by atoms with van der Waals surface area (Å²) in [7, 11) is 0. The van der Waals surface area contributed by atoms with E-state index in [1.54, 1.807) is 6.20 Å². The maximum absolute atomic E-state index is 13.3. The number of hydrogen-bond donors (Lipinski definition) is 3. The number of nitrogens with two attached hydrogens (primary N) is 1. The minimum atomic E-state index is -0.857. The molecule has 37 heavy (non-hydrogen) atoms. The van der Waals surface area contributed by atoms with Crippen LogP contribution in [-0.4, -0.2) is 49.1 Å². The number of amides is 2. The van der Waals surface area contributed by atoms with E-state index in [1.807, 2.05) is 29.4 Å². The van der Waals surface area contributed by atoms with Gasteiger partial charge in [-0.15, -0.1) is 5.10 Å². The molecule has 0 saturated heterocycles. The molecule has 0 radical (unpaired) electrons. The third-order valence-electron chi connectivity index (χ3n) is 7.85. The summed E-state index contributed by atoms with van der Waals surface area (Å²) in [5, 5.41) is 16.6. The Kier molecular flexibility index (Phi) is 5.53. The lowest BCUT2D eigenvalue weighted by molar-refractivity contribution is 0.0698. The van der Waals surface area contributed by atoms with Crippen molar-refractivity contribution in [2.75, 3.05) is 16.7 Å². The van der Waals surface area contributed by atoms with Crippen LogP contribution >= 0.6 is 11.9 Å². The fourth-order valence-electron chi connectivity index (χ4n) is 5.38. The lowest BCUT2D eigenvalue weighted by Crippen LogP contribution is -2.52. The van der Waals surface area contributed by atoms with E-state index in [1.165, 1.54) is 29.3 Å². The number of fused-ring (bicyclic) bond motifs is 2. The van der Waals surface area contributed by atoms with E-state index in [4.69, 9.17) is 10.7 Å². The van der Waals surface area contributed by atoms with Crippen molar-refractivity contribution in [2.24, 2.45) is 5.92 Å². The molecule has 11 heteroatoms. The molecule has 1 aromatic carbocycles. The topological polar surface area (TPSA) is 141 Å². The van der Waals surface area contributed by atoms with Crippen LogP contribution in [0.2, 0.25) is 0 Å². The number of nitriles is 1. The zero-order valence-electron chi connectivity index (χ0n) is 20.7. The maximum Gasteiger partial charge on any atom is 0.260 e. The molecule has 0 bridgehead atoms. The first-order chi connectivity index (χ1) is 17.8. The average molecular weight is 517 g/mol. The summed E-state index contributed by atoms with van der Waals surface area (Å²) >= 11 is 1.43. The highest BCUT2D eigenvalue weighted by Gasteiger charge is 2.41. The largest absolute Gasteiger partial charge is 0.381 e. The van der Waals surface area contributed by atoms with Crippen LogP contribution in [0, 0.1) is 17.2 Å². The van der Waals surface area contributed by atoms with Crippen molar-refractivity contribution in [3.63, 3.8) is 0 Å². The molecule has 3 aromatic rings.